The van der Waals surface area contributed by atoms with Gasteiger partial charge in [0.2, 0.25) is 5.91 Å². The van der Waals surface area contributed by atoms with Crippen LogP contribution in [0.1, 0.15) is 12.5 Å². The minimum absolute atomic E-state index is 0.177. The van der Waals surface area contributed by atoms with Crippen LogP contribution < -0.4 is 10.1 Å². The monoisotopic (exact) mass is 426 g/mol. The molecule has 0 radical (unpaired) electrons. The number of pyridine rings is 1. The van der Waals surface area contributed by atoms with E-state index >= 15 is 0 Å². The molecule has 0 fully saturated rings. The summed E-state index contributed by atoms with van der Waals surface area (Å²) in [6.45, 7) is 3.88. The van der Waals surface area contributed by atoms with E-state index < -0.39 is 5.25 Å². The van der Waals surface area contributed by atoms with Gasteiger partial charge < -0.3 is 10.1 Å². The molecule has 0 unspecified atom stereocenters. The fraction of sp³-hybridized carbons (Fsp3) is 0.190. The van der Waals surface area contributed by atoms with E-state index in [9.17, 15) is 4.79 Å². The Morgan fingerprint density at radius 2 is 2.00 bits per heavy atom. The summed E-state index contributed by atoms with van der Waals surface area (Å²) in [5, 5.41) is 13.4. The van der Waals surface area contributed by atoms with Crippen LogP contribution in [0.25, 0.3) is 16.6 Å². The Morgan fingerprint density at radius 3 is 2.79 bits per heavy atom. The summed E-state index contributed by atoms with van der Waals surface area (Å²) < 4.78 is 7.28. The summed E-state index contributed by atoms with van der Waals surface area (Å²) in [6, 6.07) is 15.2. The molecule has 2 heterocycles. The van der Waals surface area contributed by atoms with Crippen molar-refractivity contribution in [2.45, 2.75) is 24.3 Å². The molecule has 6 nitrogen and oxygen atoms in total. The number of fused-ring (bicyclic) bond motifs is 3. The molecule has 0 spiro atoms. The van der Waals surface area contributed by atoms with Gasteiger partial charge in [0.05, 0.1) is 23.6 Å². The Hall–Kier alpha value is -2.77. The Balaban J connectivity index is 1.63. The normalized spacial score (nSPS) is 12.3. The number of hydrogen-bond donors (Lipinski definition) is 1. The molecule has 148 valence electrons. The molecular weight excluding hydrogens is 408 g/mol. The highest BCUT2D eigenvalue weighted by molar-refractivity contribution is 8.00. The molecule has 1 amide bonds. The largest absolute Gasteiger partial charge is 0.495 e. The molecule has 0 aliphatic heterocycles. The number of aryl methyl sites for hydroxylation is 1. The first kappa shape index (κ1) is 19.5. The summed E-state index contributed by atoms with van der Waals surface area (Å²) in [5.41, 5.74) is 3.44. The SMILES string of the molecule is COc1ccc(Cl)cc1NC(=O)[C@@H](C)Sc1nnc2cc(C)c3ccccc3n12. The smallest absolute Gasteiger partial charge is 0.237 e. The topological polar surface area (TPSA) is 68.5 Å². The molecule has 4 aromatic rings. The second-order valence-corrected chi connectivity index (χ2v) is 8.36. The Morgan fingerprint density at radius 1 is 1.21 bits per heavy atom. The molecule has 1 atom stereocenters. The van der Waals surface area contributed by atoms with Gasteiger partial charge in [-0.05, 0) is 49.7 Å². The molecule has 4 rings (SSSR count). The van der Waals surface area contributed by atoms with Crippen LogP contribution in [0, 0.1) is 6.92 Å². The number of para-hydroxylation sites is 1. The summed E-state index contributed by atoms with van der Waals surface area (Å²) >= 11 is 7.40. The number of aromatic nitrogens is 3. The number of ether oxygens (including phenoxy) is 1. The summed E-state index contributed by atoms with van der Waals surface area (Å²) in [5.74, 6) is 0.373. The molecule has 2 aromatic heterocycles. The Labute approximate surface area is 177 Å². The summed E-state index contributed by atoms with van der Waals surface area (Å²) in [7, 11) is 1.55. The maximum Gasteiger partial charge on any atom is 0.237 e. The first-order valence-corrected chi connectivity index (χ1v) is 10.3. The Bertz CT molecular complexity index is 1220. The average Bonchev–Trinajstić information content (AvgIpc) is 3.11. The van der Waals surface area contributed by atoms with Crippen LogP contribution in [-0.2, 0) is 4.79 Å². The second-order valence-electron chi connectivity index (χ2n) is 6.61. The maximum atomic E-state index is 12.8. The van der Waals surface area contributed by atoms with Gasteiger partial charge in [-0.1, -0.05) is 41.6 Å². The molecule has 0 saturated heterocycles. The molecular formula is C21H19ClN4O2S. The van der Waals surface area contributed by atoms with Gasteiger partial charge in [-0.2, -0.15) is 0 Å². The molecule has 0 saturated carbocycles. The number of anilines is 1. The first-order valence-electron chi connectivity index (χ1n) is 9.02. The lowest BCUT2D eigenvalue weighted by molar-refractivity contribution is -0.115. The van der Waals surface area contributed by atoms with Crippen molar-refractivity contribution in [1.29, 1.82) is 0 Å². The van der Waals surface area contributed by atoms with Crippen molar-refractivity contribution in [1.82, 2.24) is 14.6 Å². The summed E-state index contributed by atoms with van der Waals surface area (Å²) in [4.78, 5) is 12.8. The number of halogens is 1. The number of carbonyl (C=O) groups is 1. The fourth-order valence-electron chi connectivity index (χ4n) is 3.17. The lowest BCUT2D eigenvalue weighted by Gasteiger charge is -2.14. The average molecular weight is 427 g/mol. The van der Waals surface area contributed by atoms with Gasteiger partial charge in [-0.15, -0.1) is 10.2 Å². The second kappa shape index (κ2) is 7.93. The number of thioether (sulfide) groups is 1. The Kier molecular flexibility index (Phi) is 5.34. The third-order valence-electron chi connectivity index (χ3n) is 4.64. The standard InChI is InChI=1S/C21H19ClN4O2S/c1-12-10-19-24-25-21(26(19)17-7-5-4-6-15(12)17)29-13(2)20(27)23-16-11-14(22)8-9-18(16)28-3/h4-11,13H,1-3H3,(H,23,27)/t13-/m1/s1. The van der Waals surface area contributed by atoms with E-state index in [1.807, 2.05) is 35.6 Å². The number of hydrogen-bond acceptors (Lipinski definition) is 5. The molecule has 0 aliphatic rings. The first-order chi connectivity index (χ1) is 14.0. The number of nitrogens with one attached hydrogen (secondary N) is 1. The minimum Gasteiger partial charge on any atom is -0.495 e. The van der Waals surface area contributed by atoms with E-state index in [4.69, 9.17) is 16.3 Å². The van der Waals surface area contributed by atoms with Crippen LogP contribution in [0.15, 0.2) is 53.7 Å². The van der Waals surface area contributed by atoms with E-state index in [-0.39, 0.29) is 5.91 Å². The van der Waals surface area contributed by atoms with E-state index in [1.54, 1.807) is 25.3 Å². The van der Waals surface area contributed by atoms with Gasteiger partial charge in [-0.3, -0.25) is 9.20 Å². The number of rotatable bonds is 5. The van der Waals surface area contributed by atoms with Gasteiger partial charge in [0, 0.05) is 10.4 Å². The zero-order valence-corrected chi connectivity index (χ0v) is 17.7. The summed E-state index contributed by atoms with van der Waals surface area (Å²) in [6.07, 6.45) is 0. The van der Waals surface area contributed by atoms with Crippen molar-refractivity contribution >= 4 is 51.5 Å². The molecule has 29 heavy (non-hydrogen) atoms. The van der Waals surface area contributed by atoms with E-state index in [2.05, 4.69) is 28.5 Å². The highest BCUT2D eigenvalue weighted by Gasteiger charge is 2.20. The van der Waals surface area contributed by atoms with Crippen LogP contribution in [-0.4, -0.2) is 32.9 Å². The van der Waals surface area contributed by atoms with Crippen LogP contribution in [0.4, 0.5) is 5.69 Å². The highest BCUT2D eigenvalue weighted by Crippen LogP contribution is 2.31. The van der Waals surface area contributed by atoms with Gasteiger partial charge in [0.15, 0.2) is 10.8 Å². The molecule has 0 bridgehead atoms. The molecule has 8 heteroatoms. The van der Waals surface area contributed by atoms with Crippen molar-refractivity contribution in [2.24, 2.45) is 0 Å². The number of amides is 1. The maximum absolute atomic E-state index is 12.8. The van der Waals surface area contributed by atoms with Crippen molar-refractivity contribution in [3.63, 3.8) is 0 Å². The third-order valence-corrected chi connectivity index (χ3v) is 5.92. The minimum atomic E-state index is -0.411. The zero-order chi connectivity index (χ0) is 20.5. The van der Waals surface area contributed by atoms with Crippen LogP contribution in [0.2, 0.25) is 5.02 Å². The quantitative estimate of drug-likeness (QED) is 0.456. The van der Waals surface area contributed by atoms with Gasteiger partial charge in [-0.25, -0.2) is 0 Å². The van der Waals surface area contributed by atoms with Crippen molar-refractivity contribution in [3.8, 4) is 5.75 Å². The lowest BCUT2D eigenvalue weighted by atomic mass is 10.1. The van der Waals surface area contributed by atoms with Crippen molar-refractivity contribution < 1.29 is 9.53 Å². The predicted octanol–water partition coefficient (Wildman–Crippen LogP) is 4.97. The molecule has 2 aromatic carbocycles. The van der Waals surface area contributed by atoms with E-state index in [1.165, 1.54) is 11.8 Å². The number of benzene rings is 2. The van der Waals surface area contributed by atoms with E-state index in [0.717, 1.165) is 22.1 Å². The number of carbonyl (C=O) groups excluding carboxylic acids is 1. The van der Waals surface area contributed by atoms with E-state index in [0.29, 0.717) is 21.6 Å². The van der Waals surface area contributed by atoms with Gasteiger partial charge >= 0.3 is 0 Å². The molecule has 0 aliphatic carbocycles. The van der Waals surface area contributed by atoms with Gasteiger partial charge in [0.1, 0.15) is 5.75 Å². The zero-order valence-electron chi connectivity index (χ0n) is 16.1. The third kappa shape index (κ3) is 3.75. The highest BCUT2D eigenvalue weighted by atomic mass is 35.5. The number of methoxy groups -OCH3 is 1. The van der Waals surface area contributed by atoms with Crippen LogP contribution >= 0.6 is 23.4 Å². The number of nitrogens with zero attached hydrogens (tertiary/aromatic N) is 3. The molecule has 1 N–H and O–H groups in total. The fourth-order valence-corrected chi connectivity index (χ4v) is 4.21. The van der Waals surface area contributed by atoms with Crippen LogP contribution in [0.3, 0.4) is 0 Å². The van der Waals surface area contributed by atoms with Crippen molar-refractivity contribution in [3.05, 3.63) is 59.1 Å². The van der Waals surface area contributed by atoms with Crippen LogP contribution in [0.5, 0.6) is 5.75 Å². The lowest BCUT2D eigenvalue weighted by Crippen LogP contribution is -2.23. The van der Waals surface area contributed by atoms with Crippen molar-refractivity contribution in [2.75, 3.05) is 12.4 Å². The van der Waals surface area contributed by atoms with Gasteiger partial charge in [0.25, 0.3) is 0 Å². The predicted molar refractivity (Wildman–Crippen MR) is 117 cm³/mol.